The van der Waals surface area contributed by atoms with E-state index < -0.39 is 0 Å². The molecule has 0 fully saturated rings. The van der Waals surface area contributed by atoms with E-state index in [0.717, 1.165) is 11.4 Å². The van der Waals surface area contributed by atoms with Gasteiger partial charge in [0.05, 0.1) is 26.1 Å². The third-order valence-corrected chi connectivity index (χ3v) is 3.02. The third kappa shape index (κ3) is 3.88. The molecule has 0 unspecified atom stereocenters. The number of carbonyl (C=O) groups excluding carboxylic acids is 1. The van der Waals surface area contributed by atoms with Gasteiger partial charge in [-0.1, -0.05) is 6.92 Å². The highest BCUT2D eigenvalue weighted by molar-refractivity contribution is 5.89. The predicted octanol–water partition coefficient (Wildman–Crippen LogP) is 3.19. The van der Waals surface area contributed by atoms with E-state index in [0.29, 0.717) is 23.7 Å². The van der Waals surface area contributed by atoms with Crippen LogP contribution in [0, 0.1) is 0 Å². The first-order chi connectivity index (χ1) is 10.7. The number of methoxy groups -OCH3 is 2. The smallest absolute Gasteiger partial charge is 0.225 e. The number of rotatable bonds is 6. The minimum Gasteiger partial charge on any atom is -0.493 e. The molecule has 0 radical (unpaired) electrons. The van der Waals surface area contributed by atoms with Crippen LogP contribution in [0.1, 0.15) is 13.3 Å². The van der Waals surface area contributed by atoms with Crippen LogP contribution >= 0.6 is 0 Å². The molecule has 0 bridgehead atoms. The van der Waals surface area contributed by atoms with Crippen molar-refractivity contribution in [3.63, 3.8) is 0 Å². The van der Waals surface area contributed by atoms with Crippen LogP contribution in [0.25, 0.3) is 0 Å². The van der Waals surface area contributed by atoms with Gasteiger partial charge >= 0.3 is 0 Å². The molecular formula is C16H19N3O3. The van der Waals surface area contributed by atoms with E-state index in [-0.39, 0.29) is 5.91 Å². The average molecular weight is 301 g/mol. The van der Waals surface area contributed by atoms with Crippen molar-refractivity contribution in [3.8, 4) is 11.5 Å². The highest BCUT2D eigenvalue weighted by Gasteiger charge is 2.05. The number of hydrogen-bond donors (Lipinski definition) is 2. The number of aromatic nitrogens is 1. The van der Waals surface area contributed by atoms with Crippen LogP contribution in [-0.2, 0) is 4.79 Å². The van der Waals surface area contributed by atoms with Crippen LogP contribution in [-0.4, -0.2) is 25.1 Å². The number of anilines is 3. The van der Waals surface area contributed by atoms with E-state index in [1.54, 1.807) is 33.4 Å². The summed E-state index contributed by atoms with van der Waals surface area (Å²) in [6, 6.07) is 9.13. The van der Waals surface area contributed by atoms with E-state index in [1.807, 2.05) is 24.3 Å². The predicted molar refractivity (Wildman–Crippen MR) is 86.0 cm³/mol. The fraction of sp³-hybridized carbons (Fsp3) is 0.250. The zero-order valence-corrected chi connectivity index (χ0v) is 12.8. The summed E-state index contributed by atoms with van der Waals surface area (Å²) >= 11 is 0. The molecule has 6 nitrogen and oxygen atoms in total. The lowest BCUT2D eigenvalue weighted by Gasteiger charge is -2.11. The summed E-state index contributed by atoms with van der Waals surface area (Å²) in [7, 11) is 3.19. The highest BCUT2D eigenvalue weighted by atomic mass is 16.5. The molecule has 1 amide bonds. The van der Waals surface area contributed by atoms with Crippen molar-refractivity contribution in [2.45, 2.75) is 13.3 Å². The van der Waals surface area contributed by atoms with Crippen molar-refractivity contribution < 1.29 is 14.3 Å². The van der Waals surface area contributed by atoms with Gasteiger partial charge in [0, 0.05) is 18.2 Å². The molecule has 2 aromatic rings. The molecule has 0 aliphatic rings. The van der Waals surface area contributed by atoms with Gasteiger partial charge in [-0.15, -0.1) is 0 Å². The molecule has 1 aromatic carbocycles. The number of amides is 1. The van der Waals surface area contributed by atoms with Crippen LogP contribution in [0.15, 0.2) is 36.5 Å². The molecule has 2 rings (SSSR count). The quantitative estimate of drug-likeness (QED) is 0.857. The van der Waals surface area contributed by atoms with E-state index in [1.165, 1.54) is 0 Å². The zero-order chi connectivity index (χ0) is 15.9. The molecule has 0 spiro atoms. The van der Waals surface area contributed by atoms with Crippen LogP contribution < -0.4 is 20.1 Å². The van der Waals surface area contributed by atoms with Gasteiger partial charge < -0.3 is 20.1 Å². The molecule has 0 saturated heterocycles. The first kappa shape index (κ1) is 15.6. The second-order valence-electron chi connectivity index (χ2n) is 4.53. The maximum Gasteiger partial charge on any atom is 0.225 e. The Labute approximate surface area is 129 Å². The first-order valence-corrected chi connectivity index (χ1v) is 6.91. The Morgan fingerprint density at radius 2 is 1.82 bits per heavy atom. The Kier molecular flexibility index (Phi) is 5.19. The van der Waals surface area contributed by atoms with Gasteiger partial charge in [0.2, 0.25) is 5.91 Å². The summed E-state index contributed by atoms with van der Waals surface area (Å²) in [5.41, 5.74) is 1.66. The molecule has 1 heterocycles. The number of nitrogens with one attached hydrogen (secondary N) is 2. The maximum atomic E-state index is 11.3. The Bertz CT molecular complexity index is 642. The van der Waals surface area contributed by atoms with Gasteiger partial charge in [-0.2, -0.15) is 0 Å². The minimum atomic E-state index is -0.0619. The van der Waals surface area contributed by atoms with Gasteiger partial charge in [-0.05, 0) is 24.3 Å². The lowest BCUT2D eigenvalue weighted by molar-refractivity contribution is -0.115. The first-order valence-electron chi connectivity index (χ1n) is 6.91. The zero-order valence-electron chi connectivity index (χ0n) is 12.8. The lowest BCUT2D eigenvalue weighted by atomic mass is 10.2. The SMILES string of the molecule is CCC(=O)Nc1ccc(Nc2ccc(OC)c(OC)c2)cn1. The minimum absolute atomic E-state index is 0.0619. The van der Waals surface area contributed by atoms with Crippen molar-refractivity contribution in [1.29, 1.82) is 0 Å². The molecule has 0 aliphatic carbocycles. The number of benzene rings is 1. The third-order valence-electron chi connectivity index (χ3n) is 3.02. The van der Waals surface area contributed by atoms with E-state index in [2.05, 4.69) is 15.6 Å². The lowest BCUT2D eigenvalue weighted by Crippen LogP contribution is -2.10. The number of nitrogens with zero attached hydrogens (tertiary/aromatic N) is 1. The van der Waals surface area contributed by atoms with Gasteiger partial charge in [0.25, 0.3) is 0 Å². The van der Waals surface area contributed by atoms with Gasteiger partial charge in [-0.3, -0.25) is 4.79 Å². The normalized spacial score (nSPS) is 9.95. The van der Waals surface area contributed by atoms with Crippen LogP contribution in [0.4, 0.5) is 17.2 Å². The molecule has 0 atom stereocenters. The van der Waals surface area contributed by atoms with Crippen molar-refractivity contribution in [1.82, 2.24) is 4.98 Å². The molecule has 2 N–H and O–H groups in total. The average Bonchev–Trinajstić information content (AvgIpc) is 2.56. The van der Waals surface area contributed by atoms with Gasteiger partial charge in [0.1, 0.15) is 5.82 Å². The summed E-state index contributed by atoms with van der Waals surface area (Å²) < 4.78 is 10.5. The monoisotopic (exact) mass is 301 g/mol. The standard InChI is InChI=1S/C16H19N3O3/c1-4-16(20)19-15-8-6-12(10-17-15)18-11-5-7-13(21-2)14(9-11)22-3/h5-10,18H,4H2,1-3H3,(H,17,19,20). The van der Waals surface area contributed by atoms with Crippen LogP contribution in [0.5, 0.6) is 11.5 Å². The molecule has 116 valence electrons. The Morgan fingerprint density at radius 1 is 1.09 bits per heavy atom. The molecule has 0 aliphatic heterocycles. The number of pyridine rings is 1. The molecule has 0 saturated carbocycles. The van der Waals surface area contributed by atoms with Crippen LogP contribution in [0.3, 0.4) is 0 Å². The van der Waals surface area contributed by atoms with E-state index in [4.69, 9.17) is 9.47 Å². The highest BCUT2D eigenvalue weighted by Crippen LogP contribution is 2.31. The van der Waals surface area contributed by atoms with E-state index in [9.17, 15) is 4.79 Å². The fourth-order valence-corrected chi connectivity index (χ4v) is 1.85. The van der Waals surface area contributed by atoms with Crippen molar-refractivity contribution >= 4 is 23.1 Å². The van der Waals surface area contributed by atoms with E-state index >= 15 is 0 Å². The summed E-state index contributed by atoms with van der Waals surface area (Å²) in [4.78, 5) is 15.5. The second-order valence-corrected chi connectivity index (χ2v) is 4.53. The number of hydrogen-bond acceptors (Lipinski definition) is 5. The Morgan fingerprint density at radius 3 is 2.41 bits per heavy atom. The fourth-order valence-electron chi connectivity index (χ4n) is 1.85. The number of ether oxygens (including phenoxy) is 2. The Hall–Kier alpha value is -2.76. The van der Waals surface area contributed by atoms with Gasteiger partial charge in [0.15, 0.2) is 11.5 Å². The second kappa shape index (κ2) is 7.31. The van der Waals surface area contributed by atoms with Crippen molar-refractivity contribution in [2.24, 2.45) is 0 Å². The Balaban J connectivity index is 2.09. The maximum absolute atomic E-state index is 11.3. The summed E-state index contributed by atoms with van der Waals surface area (Å²) in [5.74, 6) is 1.79. The molecule has 6 heteroatoms. The molecular weight excluding hydrogens is 282 g/mol. The topological polar surface area (TPSA) is 72.5 Å². The van der Waals surface area contributed by atoms with Gasteiger partial charge in [-0.25, -0.2) is 4.98 Å². The summed E-state index contributed by atoms with van der Waals surface area (Å²) in [5, 5.41) is 5.92. The summed E-state index contributed by atoms with van der Waals surface area (Å²) in [6.07, 6.45) is 2.08. The molecule has 1 aromatic heterocycles. The number of carbonyl (C=O) groups is 1. The van der Waals surface area contributed by atoms with Crippen molar-refractivity contribution in [2.75, 3.05) is 24.9 Å². The summed E-state index contributed by atoms with van der Waals surface area (Å²) in [6.45, 7) is 1.79. The largest absolute Gasteiger partial charge is 0.493 e. The van der Waals surface area contributed by atoms with Crippen molar-refractivity contribution in [3.05, 3.63) is 36.5 Å². The molecule has 22 heavy (non-hydrogen) atoms. The van der Waals surface area contributed by atoms with Crippen LogP contribution in [0.2, 0.25) is 0 Å².